The van der Waals surface area contributed by atoms with Crippen molar-refractivity contribution in [3.8, 4) is 0 Å². The van der Waals surface area contributed by atoms with E-state index < -0.39 is 0 Å². The molecule has 0 saturated carbocycles. The number of imidazole rings is 1. The van der Waals surface area contributed by atoms with Gasteiger partial charge in [-0.25, -0.2) is 4.98 Å². The highest BCUT2D eigenvalue weighted by Gasteiger charge is 2.13. The Labute approximate surface area is 95.5 Å². The number of halogens is 1. The molecule has 1 fully saturated rings. The van der Waals surface area contributed by atoms with Crippen molar-refractivity contribution >= 4 is 29.7 Å². The Morgan fingerprint density at radius 2 is 1.93 bits per heavy atom. The molecule has 2 heterocycles. The Bertz CT molecular complexity index is 280. The first kappa shape index (κ1) is 11.5. The zero-order chi connectivity index (χ0) is 9.10. The summed E-state index contributed by atoms with van der Waals surface area (Å²) in [4.78, 5) is 6.24. The summed E-state index contributed by atoms with van der Waals surface area (Å²) in [5.74, 6) is 0. The summed E-state index contributed by atoms with van der Waals surface area (Å²) in [6.07, 6.45) is 9.27. The summed E-state index contributed by atoms with van der Waals surface area (Å²) in [5.41, 5.74) is 0. The normalized spacial score (nSPS) is 16.1. The summed E-state index contributed by atoms with van der Waals surface area (Å²) in [5, 5.41) is 0.886. The summed E-state index contributed by atoms with van der Waals surface area (Å²) in [6.45, 7) is 2.19. The average molecular weight is 232 g/mol. The van der Waals surface area contributed by atoms with E-state index in [1.165, 1.54) is 19.3 Å². The first-order valence-corrected chi connectivity index (χ1v) is 5.06. The first-order chi connectivity index (χ1) is 6.38. The van der Waals surface area contributed by atoms with Gasteiger partial charge in [0.15, 0.2) is 5.11 Å². The molecule has 1 saturated heterocycles. The van der Waals surface area contributed by atoms with Crippen LogP contribution in [0.25, 0.3) is 0 Å². The molecule has 0 radical (unpaired) electrons. The van der Waals surface area contributed by atoms with Crippen molar-refractivity contribution in [2.75, 3.05) is 13.1 Å². The van der Waals surface area contributed by atoms with Crippen molar-refractivity contribution in [3.63, 3.8) is 0 Å². The molecule has 5 heteroatoms. The van der Waals surface area contributed by atoms with Gasteiger partial charge in [0.25, 0.3) is 0 Å². The summed E-state index contributed by atoms with van der Waals surface area (Å²) < 4.78 is 1.90. The van der Waals surface area contributed by atoms with Crippen molar-refractivity contribution in [3.05, 3.63) is 18.7 Å². The van der Waals surface area contributed by atoms with E-state index in [0.717, 1.165) is 18.2 Å². The molecule has 0 aromatic carbocycles. The van der Waals surface area contributed by atoms with Crippen LogP contribution in [0.3, 0.4) is 0 Å². The third kappa shape index (κ3) is 2.45. The summed E-state index contributed by atoms with van der Waals surface area (Å²) >= 11 is 5.34. The van der Waals surface area contributed by atoms with E-state index in [1.54, 1.807) is 12.5 Å². The van der Waals surface area contributed by atoms with Crippen LogP contribution >= 0.6 is 24.6 Å². The fourth-order valence-electron chi connectivity index (χ4n) is 1.62. The molecule has 0 amide bonds. The predicted octanol–water partition coefficient (Wildman–Crippen LogP) is 1.92. The van der Waals surface area contributed by atoms with Crippen LogP contribution in [0.15, 0.2) is 18.7 Å². The monoisotopic (exact) mass is 231 g/mol. The molecule has 14 heavy (non-hydrogen) atoms. The zero-order valence-corrected chi connectivity index (χ0v) is 9.56. The third-order valence-electron chi connectivity index (χ3n) is 2.35. The maximum absolute atomic E-state index is 5.34. The van der Waals surface area contributed by atoms with Gasteiger partial charge in [-0.3, -0.25) is 4.57 Å². The zero-order valence-electron chi connectivity index (χ0n) is 7.93. The SMILES string of the molecule is Cl.S=C(N1CCCCC1)n1ccnc1. The molecule has 3 nitrogen and oxygen atoms in total. The minimum atomic E-state index is 0. The molecule has 0 N–H and O–H groups in total. The van der Waals surface area contributed by atoms with E-state index in [9.17, 15) is 0 Å². The number of hydrogen-bond acceptors (Lipinski definition) is 2. The molecule has 78 valence electrons. The van der Waals surface area contributed by atoms with Crippen LogP contribution < -0.4 is 0 Å². The van der Waals surface area contributed by atoms with Crippen LogP contribution in [-0.2, 0) is 0 Å². The maximum atomic E-state index is 5.34. The van der Waals surface area contributed by atoms with Gasteiger partial charge in [-0.1, -0.05) is 0 Å². The van der Waals surface area contributed by atoms with Crippen molar-refractivity contribution in [2.45, 2.75) is 19.3 Å². The van der Waals surface area contributed by atoms with Crippen molar-refractivity contribution in [2.24, 2.45) is 0 Å². The highest BCUT2D eigenvalue weighted by Crippen LogP contribution is 2.10. The van der Waals surface area contributed by atoms with Gasteiger partial charge >= 0.3 is 0 Å². The van der Waals surface area contributed by atoms with Crippen LogP contribution in [0.1, 0.15) is 19.3 Å². The van der Waals surface area contributed by atoms with Crippen LogP contribution in [0.4, 0.5) is 0 Å². The van der Waals surface area contributed by atoms with Gasteiger partial charge in [0.2, 0.25) is 0 Å². The molecule has 1 aromatic heterocycles. The molecule has 0 spiro atoms. The minimum Gasteiger partial charge on any atom is -0.349 e. The molecular formula is C9H14ClN3S. The van der Waals surface area contributed by atoms with E-state index in [1.807, 2.05) is 10.8 Å². The second-order valence-electron chi connectivity index (χ2n) is 3.30. The van der Waals surface area contributed by atoms with Crippen molar-refractivity contribution < 1.29 is 0 Å². The lowest BCUT2D eigenvalue weighted by Crippen LogP contribution is -2.37. The largest absolute Gasteiger partial charge is 0.349 e. The molecule has 0 unspecified atom stereocenters. The van der Waals surface area contributed by atoms with Gasteiger partial charge in [0.1, 0.15) is 6.33 Å². The van der Waals surface area contributed by atoms with Crippen molar-refractivity contribution in [1.29, 1.82) is 0 Å². The fourth-order valence-corrected chi connectivity index (χ4v) is 1.91. The van der Waals surface area contributed by atoms with E-state index in [0.29, 0.717) is 0 Å². The smallest absolute Gasteiger partial charge is 0.181 e. The molecule has 0 bridgehead atoms. The number of thiocarbonyl (C=S) groups is 1. The standard InChI is InChI=1S/C9H13N3S.ClH/c13-9(12-7-4-10-8-12)11-5-2-1-3-6-11;/h4,7-8H,1-3,5-6H2;1H. The molecule has 2 rings (SSSR count). The number of likely N-dealkylation sites (tertiary alicyclic amines) is 1. The lowest BCUT2D eigenvalue weighted by Gasteiger charge is -2.28. The van der Waals surface area contributed by atoms with E-state index >= 15 is 0 Å². The molecule has 1 aromatic rings. The van der Waals surface area contributed by atoms with Gasteiger partial charge in [-0.15, -0.1) is 12.4 Å². The molecule has 1 aliphatic heterocycles. The topological polar surface area (TPSA) is 21.1 Å². The lowest BCUT2D eigenvalue weighted by atomic mass is 10.1. The number of hydrogen-bond donors (Lipinski definition) is 0. The number of aromatic nitrogens is 2. The van der Waals surface area contributed by atoms with Crippen LogP contribution in [0.2, 0.25) is 0 Å². The average Bonchev–Trinajstić information content (AvgIpc) is 2.71. The van der Waals surface area contributed by atoms with Gasteiger partial charge < -0.3 is 4.90 Å². The quantitative estimate of drug-likeness (QED) is 0.637. The van der Waals surface area contributed by atoms with Gasteiger partial charge in [0, 0.05) is 25.5 Å². The summed E-state index contributed by atoms with van der Waals surface area (Å²) in [7, 11) is 0. The molecular weight excluding hydrogens is 218 g/mol. The van der Waals surface area contributed by atoms with Crippen molar-refractivity contribution in [1.82, 2.24) is 14.5 Å². The Kier molecular flexibility index (Phi) is 4.35. The third-order valence-corrected chi connectivity index (χ3v) is 2.82. The highest BCUT2D eigenvalue weighted by molar-refractivity contribution is 7.80. The predicted molar refractivity (Wildman–Crippen MR) is 62.9 cm³/mol. The Morgan fingerprint density at radius 3 is 2.50 bits per heavy atom. The minimum absolute atomic E-state index is 0. The second kappa shape index (κ2) is 5.32. The Morgan fingerprint density at radius 1 is 1.21 bits per heavy atom. The highest BCUT2D eigenvalue weighted by atomic mass is 35.5. The summed E-state index contributed by atoms with van der Waals surface area (Å²) in [6, 6.07) is 0. The van der Waals surface area contributed by atoms with Crippen LogP contribution in [-0.4, -0.2) is 32.7 Å². The van der Waals surface area contributed by atoms with E-state index in [-0.39, 0.29) is 12.4 Å². The van der Waals surface area contributed by atoms with Gasteiger partial charge in [-0.2, -0.15) is 0 Å². The molecule has 0 atom stereocenters. The number of nitrogens with zero attached hydrogens (tertiary/aromatic N) is 3. The second-order valence-corrected chi connectivity index (χ2v) is 3.67. The number of rotatable bonds is 0. The number of piperidine rings is 1. The van der Waals surface area contributed by atoms with Crippen LogP contribution in [0.5, 0.6) is 0 Å². The fraction of sp³-hybridized carbons (Fsp3) is 0.556. The first-order valence-electron chi connectivity index (χ1n) is 4.65. The van der Waals surface area contributed by atoms with E-state index in [2.05, 4.69) is 9.88 Å². The maximum Gasteiger partial charge on any atom is 0.181 e. The Balaban J connectivity index is 0.000000980. The lowest BCUT2D eigenvalue weighted by molar-refractivity contribution is 0.339. The van der Waals surface area contributed by atoms with Gasteiger partial charge in [-0.05, 0) is 31.5 Å². The Hall–Kier alpha value is -0.610. The molecule has 0 aliphatic carbocycles. The van der Waals surface area contributed by atoms with E-state index in [4.69, 9.17) is 12.2 Å². The molecule has 1 aliphatic rings. The van der Waals surface area contributed by atoms with Gasteiger partial charge in [0.05, 0.1) is 0 Å². The van der Waals surface area contributed by atoms with Crippen LogP contribution in [0, 0.1) is 0 Å².